The van der Waals surface area contributed by atoms with Crippen LogP contribution in [0.5, 0.6) is 5.75 Å². The molecule has 2 aromatic heterocycles. The first-order valence-electron chi connectivity index (χ1n) is 11.3. The lowest BCUT2D eigenvalue weighted by atomic mass is 10.0. The zero-order chi connectivity index (χ0) is 23.3. The third-order valence-corrected chi connectivity index (χ3v) is 6.68. The molecule has 1 aliphatic heterocycles. The number of nitrogens with one attached hydrogen (secondary N) is 1. The number of hydrogen-bond acceptors (Lipinski definition) is 7. The van der Waals surface area contributed by atoms with E-state index in [1.54, 1.807) is 12.6 Å². The topological polar surface area (TPSA) is 81.5 Å². The minimum Gasteiger partial charge on any atom is -0.497 e. The normalized spacial score (nSPS) is 15.3. The second-order valence-corrected chi connectivity index (χ2v) is 8.84. The van der Waals surface area contributed by atoms with Gasteiger partial charge in [-0.2, -0.15) is 0 Å². The Kier molecular flexibility index (Phi) is 6.84. The number of nitrogens with zero attached hydrogens (tertiary/aromatic N) is 4. The highest BCUT2D eigenvalue weighted by Gasteiger charge is 2.24. The zero-order valence-electron chi connectivity index (χ0n) is 19.0. The summed E-state index contributed by atoms with van der Waals surface area (Å²) in [6, 6.07) is 16.0. The van der Waals surface area contributed by atoms with Gasteiger partial charge in [0.15, 0.2) is 5.82 Å². The van der Waals surface area contributed by atoms with Gasteiger partial charge in [0.05, 0.1) is 42.9 Å². The van der Waals surface area contributed by atoms with E-state index in [0.717, 1.165) is 41.1 Å². The van der Waals surface area contributed by atoms with Crippen LogP contribution in [0.15, 0.2) is 59.4 Å². The highest BCUT2D eigenvalue weighted by molar-refractivity contribution is 7.07. The van der Waals surface area contributed by atoms with Crippen molar-refractivity contribution in [3.63, 3.8) is 0 Å². The summed E-state index contributed by atoms with van der Waals surface area (Å²) in [6.45, 7) is 3.71. The number of thiazole rings is 1. The van der Waals surface area contributed by atoms with Crippen LogP contribution in [0.4, 0.5) is 0 Å². The van der Waals surface area contributed by atoms with Crippen molar-refractivity contribution >= 4 is 28.3 Å². The molecule has 176 valence electrons. The first-order valence-corrected chi connectivity index (χ1v) is 12.2. The number of imidazole rings is 1. The Labute approximate surface area is 202 Å². The maximum atomic E-state index is 13.2. The molecular formula is C25H27N5O3S. The molecule has 1 saturated heterocycles. The highest BCUT2D eigenvalue weighted by atomic mass is 32.1. The smallest absolute Gasteiger partial charge is 0.240 e. The molecule has 9 heteroatoms. The summed E-state index contributed by atoms with van der Waals surface area (Å²) in [5.41, 5.74) is 5.46. The van der Waals surface area contributed by atoms with Gasteiger partial charge in [0.25, 0.3) is 0 Å². The highest BCUT2D eigenvalue weighted by Crippen LogP contribution is 2.26. The van der Waals surface area contributed by atoms with Crippen LogP contribution in [0.2, 0.25) is 0 Å². The van der Waals surface area contributed by atoms with E-state index in [9.17, 15) is 4.79 Å². The van der Waals surface area contributed by atoms with E-state index < -0.39 is 0 Å². The molecular weight excluding hydrogens is 450 g/mol. The van der Waals surface area contributed by atoms with Gasteiger partial charge < -0.3 is 19.4 Å². The quantitative estimate of drug-likeness (QED) is 0.419. The number of hydrogen-bond donors (Lipinski definition) is 1. The van der Waals surface area contributed by atoms with Crippen LogP contribution < -0.4 is 10.1 Å². The van der Waals surface area contributed by atoms with Crippen LogP contribution in [0.1, 0.15) is 11.6 Å². The van der Waals surface area contributed by atoms with Gasteiger partial charge in [0.2, 0.25) is 5.91 Å². The van der Waals surface area contributed by atoms with Crippen LogP contribution >= 0.6 is 11.3 Å². The number of amides is 1. The monoisotopic (exact) mass is 477 g/mol. The zero-order valence-corrected chi connectivity index (χ0v) is 19.8. The first-order chi connectivity index (χ1) is 16.7. The van der Waals surface area contributed by atoms with E-state index in [1.165, 1.54) is 11.3 Å². The minimum absolute atomic E-state index is 0.0521. The Morgan fingerprint density at radius 3 is 2.71 bits per heavy atom. The molecule has 1 fully saturated rings. The third-order valence-electron chi connectivity index (χ3n) is 6.10. The lowest BCUT2D eigenvalue weighted by Gasteiger charge is -2.35. The van der Waals surface area contributed by atoms with Gasteiger partial charge in [-0.15, -0.1) is 11.3 Å². The molecule has 0 spiro atoms. The Morgan fingerprint density at radius 2 is 1.97 bits per heavy atom. The standard InChI is InChI=1S/C25H27N5O3S/c1-32-19-8-6-18(7-9-19)23(29-10-12-33-13-11-29)14-26-24(31)15-30-22-5-3-2-4-20(22)28-25(30)21-16-34-17-27-21/h2-9,16-17,23H,10-15H2,1H3,(H,26,31). The Morgan fingerprint density at radius 1 is 1.18 bits per heavy atom. The lowest BCUT2D eigenvalue weighted by Crippen LogP contribution is -2.44. The van der Waals surface area contributed by atoms with E-state index in [2.05, 4.69) is 27.3 Å². The van der Waals surface area contributed by atoms with Crippen LogP contribution in [0.25, 0.3) is 22.6 Å². The predicted octanol–water partition coefficient (Wildman–Crippen LogP) is 3.36. The van der Waals surface area contributed by atoms with E-state index >= 15 is 0 Å². The molecule has 3 heterocycles. The molecule has 0 bridgehead atoms. The van der Waals surface area contributed by atoms with Gasteiger partial charge in [-0.1, -0.05) is 24.3 Å². The fourth-order valence-electron chi connectivity index (χ4n) is 4.34. The summed E-state index contributed by atoms with van der Waals surface area (Å²) in [5.74, 6) is 1.46. The molecule has 1 unspecified atom stereocenters. The summed E-state index contributed by atoms with van der Waals surface area (Å²) in [5, 5.41) is 5.12. The number of methoxy groups -OCH3 is 1. The minimum atomic E-state index is -0.0635. The summed E-state index contributed by atoms with van der Waals surface area (Å²) >= 11 is 1.51. The van der Waals surface area contributed by atoms with Crippen molar-refractivity contribution in [2.24, 2.45) is 0 Å². The first kappa shape index (κ1) is 22.5. The molecule has 1 aliphatic rings. The SMILES string of the molecule is COc1ccc(C(CNC(=O)Cn2c(-c3cscn3)nc3ccccc32)N2CCOCC2)cc1. The van der Waals surface area contributed by atoms with Crippen molar-refractivity contribution in [1.82, 2.24) is 24.8 Å². The number of ether oxygens (including phenoxy) is 2. The fourth-order valence-corrected chi connectivity index (χ4v) is 4.87. The molecule has 0 saturated carbocycles. The second-order valence-electron chi connectivity index (χ2n) is 8.13. The molecule has 4 aromatic rings. The summed E-state index contributed by atoms with van der Waals surface area (Å²) < 4.78 is 12.8. The number of morpholine rings is 1. The average molecular weight is 478 g/mol. The molecule has 1 N–H and O–H groups in total. The van der Waals surface area contributed by atoms with Crippen LogP contribution in [-0.4, -0.2) is 65.3 Å². The van der Waals surface area contributed by atoms with Crippen molar-refractivity contribution in [1.29, 1.82) is 0 Å². The number of carbonyl (C=O) groups is 1. The lowest BCUT2D eigenvalue weighted by molar-refractivity contribution is -0.121. The van der Waals surface area contributed by atoms with E-state index in [4.69, 9.17) is 14.5 Å². The molecule has 1 amide bonds. The molecule has 0 radical (unpaired) electrons. The maximum Gasteiger partial charge on any atom is 0.240 e. The third kappa shape index (κ3) is 4.82. The molecule has 8 nitrogen and oxygen atoms in total. The molecule has 34 heavy (non-hydrogen) atoms. The Balaban J connectivity index is 1.35. The molecule has 5 rings (SSSR count). The number of rotatable bonds is 8. The van der Waals surface area contributed by atoms with Crippen LogP contribution in [-0.2, 0) is 16.1 Å². The van der Waals surface area contributed by atoms with Crippen molar-refractivity contribution in [2.75, 3.05) is 40.0 Å². The van der Waals surface area contributed by atoms with Crippen molar-refractivity contribution in [3.8, 4) is 17.3 Å². The average Bonchev–Trinajstić information content (AvgIpc) is 3.54. The second kappa shape index (κ2) is 10.3. The number of para-hydroxylation sites is 2. The fraction of sp³-hybridized carbons (Fsp3) is 0.320. The molecule has 0 aliphatic carbocycles. The van der Waals surface area contributed by atoms with Gasteiger partial charge >= 0.3 is 0 Å². The largest absolute Gasteiger partial charge is 0.497 e. The van der Waals surface area contributed by atoms with Gasteiger partial charge in [-0.05, 0) is 29.8 Å². The van der Waals surface area contributed by atoms with Crippen molar-refractivity contribution in [2.45, 2.75) is 12.6 Å². The Hall–Kier alpha value is -3.27. The van der Waals surface area contributed by atoms with Crippen LogP contribution in [0.3, 0.4) is 0 Å². The maximum absolute atomic E-state index is 13.2. The van der Waals surface area contributed by atoms with Gasteiger partial charge in [0.1, 0.15) is 18.0 Å². The van der Waals surface area contributed by atoms with Gasteiger partial charge in [0, 0.05) is 25.0 Å². The molecule has 1 atom stereocenters. The van der Waals surface area contributed by atoms with Crippen LogP contribution in [0, 0.1) is 0 Å². The number of benzene rings is 2. The van der Waals surface area contributed by atoms with E-state index in [1.807, 2.05) is 46.3 Å². The van der Waals surface area contributed by atoms with Crippen molar-refractivity contribution < 1.29 is 14.3 Å². The number of carbonyl (C=O) groups excluding carboxylic acids is 1. The van der Waals surface area contributed by atoms with Gasteiger partial charge in [-0.3, -0.25) is 9.69 Å². The number of fused-ring (bicyclic) bond motifs is 1. The summed E-state index contributed by atoms with van der Waals surface area (Å²) in [7, 11) is 1.66. The van der Waals surface area contributed by atoms with Crippen molar-refractivity contribution in [3.05, 3.63) is 65.0 Å². The predicted molar refractivity (Wildman–Crippen MR) is 132 cm³/mol. The summed E-state index contributed by atoms with van der Waals surface area (Å²) in [4.78, 5) is 24.7. The molecule has 2 aromatic carbocycles. The van der Waals surface area contributed by atoms with E-state index in [-0.39, 0.29) is 18.5 Å². The number of aromatic nitrogens is 3. The van der Waals surface area contributed by atoms with Gasteiger partial charge in [-0.25, -0.2) is 9.97 Å². The Bertz CT molecular complexity index is 1230. The van der Waals surface area contributed by atoms with E-state index in [0.29, 0.717) is 25.6 Å². The summed E-state index contributed by atoms with van der Waals surface area (Å²) in [6.07, 6.45) is 0.